The van der Waals surface area contributed by atoms with Crippen molar-refractivity contribution < 1.29 is 9.84 Å². The topological polar surface area (TPSA) is 55.5 Å². The lowest BCUT2D eigenvalue weighted by Crippen LogP contribution is -2.41. The summed E-state index contributed by atoms with van der Waals surface area (Å²) >= 11 is 0. The summed E-state index contributed by atoms with van der Waals surface area (Å²) in [7, 11) is 1.68. The number of ether oxygens (including phenoxy) is 1. The van der Waals surface area contributed by atoms with Crippen LogP contribution in [0.15, 0.2) is 24.3 Å². The summed E-state index contributed by atoms with van der Waals surface area (Å²) in [5.74, 6) is 0. The summed E-state index contributed by atoms with van der Waals surface area (Å²) in [6.45, 7) is 4.50. The molecule has 0 saturated heterocycles. The molecule has 17 heavy (non-hydrogen) atoms. The van der Waals surface area contributed by atoms with Crippen molar-refractivity contribution in [3.8, 4) is 0 Å². The minimum Gasteiger partial charge on any atom is -0.395 e. The van der Waals surface area contributed by atoms with Crippen LogP contribution in [0.25, 0.3) is 0 Å². The zero-order valence-electron chi connectivity index (χ0n) is 10.9. The molecule has 1 aromatic rings. The molecule has 1 aromatic carbocycles. The average molecular weight is 237 g/mol. The number of aliphatic hydroxyl groups excluding tert-OH is 1. The maximum Gasteiger partial charge on any atom is 0.0553 e. The molecule has 0 aliphatic heterocycles. The molecule has 0 aliphatic rings. The van der Waals surface area contributed by atoms with Crippen LogP contribution in [0, 0.1) is 6.92 Å². The molecule has 0 bridgehead atoms. The van der Waals surface area contributed by atoms with Crippen LogP contribution in [0.2, 0.25) is 0 Å². The number of hydrogen-bond acceptors (Lipinski definition) is 3. The van der Waals surface area contributed by atoms with E-state index in [-0.39, 0.29) is 12.7 Å². The Hall–Kier alpha value is -0.900. The summed E-state index contributed by atoms with van der Waals surface area (Å²) < 4.78 is 5.29. The third kappa shape index (κ3) is 3.28. The van der Waals surface area contributed by atoms with E-state index in [0.29, 0.717) is 6.54 Å². The van der Waals surface area contributed by atoms with Gasteiger partial charge in [-0.3, -0.25) is 0 Å². The molecule has 3 N–H and O–H groups in total. The molecule has 96 valence electrons. The number of nitrogens with two attached hydrogens (primary N) is 1. The number of methoxy groups -OCH3 is 1. The fourth-order valence-corrected chi connectivity index (χ4v) is 2.08. The molecule has 0 aliphatic carbocycles. The Morgan fingerprint density at radius 3 is 2.35 bits per heavy atom. The predicted octanol–water partition coefficient (Wildman–Crippen LogP) is 1.61. The first-order valence-electron chi connectivity index (χ1n) is 5.99. The highest BCUT2D eigenvalue weighted by Crippen LogP contribution is 2.29. The van der Waals surface area contributed by atoms with E-state index in [1.54, 1.807) is 7.11 Å². The van der Waals surface area contributed by atoms with E-state index < -0.39 is 5.41 Å². The van der Waals surface area contributed by atoms with Gasteiger partial charge in [0.05, 0.1) is 12.7 Å². The highest BCUT2D eigenvalue weighted by atomic mass is 16.5. The van der Waals surface area contributed by atoms with E-state index in [9.17, 15) is 5.11 Å². The van der Waals surface area contributed by atoms with Crippen LogP contribution in [-0.4, -0.2) is 31.5 Å². The zero-order valence-corrected chi connectivity index (χ0v) is 10.9. The molecule has 0 spiro atoms. The molecule has 3 nitrogen and oxygen atoms in total. The fourth-order valence-electron chi connectivity index (χ4n) is 2.08. The highest BCUT2D eigenvalue weighted by molar-refractivity contribution is 5.29. The quantitative estimate of drug-likeness (QED) is 0.790. The fraction of sp³-hybridized carbons (Fsp3) is 0.571. The smallest absolute Gasteiger partial charge is 0.0553 e. The molecule has 0 saturated carbocycles. The van der Waals surface area contributed by atoms with Crippen LogP contribution >= 0.6 is 0 Å². The van der Waals surface area contributed by atoms with Gasteiger partial charge in [-0.1, -0.05) is 29.8 Å². The van der Waals surface area contributed by atoms with Crippen molar-refractivity contribution >= 4 is 0 Å². The van der Waals surface area contributed by atoms with Gasteiger partial charge in [0.2, 0.25) is 0 Å². The van der Waals surface area contributed by atoms with Crippen LogP contribution < -0.4 is 5.73 Å². The van der Waals surface area contributed by atoms with Gasteiger partial charge in [-0.25, -0.2) is 0 Å². The second-order valence-corrected chi connectivity index (χ2v) is 4.76. The van der Waals surface area contributed by atoms with Gasteiger partial charge in [0.25, 0.3) is 0 Å². The number of benzene rings is 1. The molecule has 2 atom stereocenters. The second-order valence-electron chi connectivity index (χ2n) is 4.76. The monoisotopic (exact) mass is 237 g/mol. The third-order valence-electron chi connectivity index (χ3n) is 3.44. The molecule has 0 aromatic heterocycles. The molecular weight excluding hydrogens is 214 g/mol. The molecule has 0 radical (unpaired) electrons. The van der Waals surface area contributed by atoms with Gasteiger partial charge in [-0.2, -0.15) is 0 Å². The van der Waals surface area contributed by atoms with Crippen molar-refractivity contribution in [1.82, 2.24) is 0 Å². The Kier molecular flexibility index (Phi) is 5.12. The van der Waals surface area contributed by atoms with Crippen LogP contribution in [0.3, 0.4) is 0 Å². The lowest BCUT2D eigenvalue weighted by molar-refractivity contribution is 0.0689. The van der Waals surface area contributed by atoms with Gasteiger partial charge in [0.15, 0.2) is 0 Å². The van der Waals surface area contributed by atoms with Gasteiger partial charge in [-0.05, 0) is 25.8 Å². The van der Waals surface area contributed by atoms with Crippen molar-refractivity contribution in [3.05, 3.63) is 35.4 Å². The zero-order chi connectivity index (χ0) is 12.9. The first-order valence-corrected chi connectivity index (χ1v) is 5.99. The van der Waals surface area contributed by atoms with Crippen LogP contribution in [-0.2, 0) is 10.2 Å². The van der Waals surface area contributed by atoms with Gasteiger partial charge < -0.3 is 15.6 Å². The SMILES string of the molecule is COC(C)CC(CN)(CO)c1ccc(C)cc1. The molecule has 0 heterocycles. The highest BCUT2D eigenvalue weighted by Gasteiger charge is 2.32. The first kappa shape index (κ1) is 14.2. The summed E-state index contributed by atoms with van der Waals surface area (Å²) in [5, 5.41) is 9.71. The van der Waals surface area contributed by atoms with Crippen molar-refractivity contribution in [1.29, 1.82) is 0 Å². The summed E-state index contributed by atoms with van der Waals surface area (Å²) in [4.78, 5) is 0. The molecular formula is C14H23NO2. The van der Waals surface area contributed by atoms with Crippen molar-refractivity contribution in [2.24, 2.45) is 5.73 Å². The minimum absolute atomic E-state index is 0.0419. The van der Waals surface area contributed by atoms with E-state index in [1.165, 1.54) is 5.56 Å². The van der Waals surface area contributed by atoms with Gasteiger partial charge in [0, 0.05) is 19.1 Å². The number of rotatable bonds is 6. The minimum atomic E-state index is -0.400. The van der Waals surface area contributed by atoms with Crippen LogP contribution in [0.5, 0.6) is 0 Å². The average Bonchev–Trinajstić information content (AvgIpc) is 2.37. The second kappa shape index (κ2) is 6.15. The number of aryl methyl sites for hydroxylation is 1. The lowest BCUT2D eigenvalue weighted by atomic mass is 9.76. The normalized spacial score (nSPS) is 16.5. The molecule has 2 unspecified atom stereocenters. The summed E-state index contributed by atoms with van der Waals surface area (Å²) in [5.41, 5.74) is 7.76. The maximum atomic E-state index is 9.71. The number of aliphatic hydroxyl groups is 1. The van der Waals surface area contributed by atoms with Crippen molar-refractivity contribution in [2.75, 3.05) is 20.3 Å². The summed E-state index contributed by atoms with van der Waals surface area (Å²) in [6, 6.07) is 8.18. The van der Waals surface area contributed by atoms with Gasteiger partial charge in [0.1, 0.15) is 0 Å². The van der Waals surface area contributed by atoms with Crippen molar-refractivity contribution in [2.45, 2.75) is 31.8 Å². The van der Waals surface area contributed by atoms with Crippen LogP contribution in [0.4, 0.5) is 0 Å². The molecule has 0 fully saturated rings. The molecule has 1 rings (SSSR count). The Morgan fingerprint density at radius 2 is 1.94 bits per heavy atom. The standard InChI is InChI=1S/C14H23NO2/c1-11-4-6-13(7-5-11)14(9-15,10-16)8-12(2)17-3/h4-7,12,16H,8-10,15H2,1-3H3. The van der Waals surface area contributed by atoms with E-state index in [4.69, 9.17) is 10.5 Å². The predicted molar refractivity (Wildman–Crippen MR) is 70.1 cm³/mol. The van der Waals surface area contributed by atoms with E-state index in [1.807, 2.05) is 38.1 Å². The van der Waals surface area contributed by atoms with Gasteiger partial charge in [-0.15, -0.1) is 0 Å². The number of hydrogen-bond donors (Lipinski definition) is 2. The first-order chi connectivity index (χ1) is 8.07. The van der Waals surface area contributed by atoms with Crippen molar-refractivity contribution in [3.63, 3.8) is 0 Å². The Balaban J connectivity index is 3.01. The Labute approximate surface area is 104 Å². The van der Waals surface area contributed by atoms with E-state index in [0.717, 1.165) is 12.0 Å². The van der Waals surface area contributed by atoms with E-state index in [2.05, 4.69) is 0 Å². The van der Waals surface area contributed by atoms with Gasteiger partial charge >= 0.3 is 0 Å². The molecule has 3 heteroatoms. The largest absolute Gasteiger partial charge is 0.395 e. The summed E-state index contributed by atoms with van der Waals surface area (Å²) in [6.07, 6.45) is 0.798. The Morgan fingerprint density at radius 1 is 1.35 bits per heavy atom. The third-order valence-corrected chi connectivity index (χ3v) is 3.44. The lowest BCUT2D eigenvalue weighted by Gasteiger charge is -2.33. The van der Waals surface area contributed by atoms with Crippen LogP contribution in [0.1, 0.15) is 24.5 Å². The Bertz CT molecular complexity index is 331. The maximum absolute atomic E-state index is 9.71. The van der Waals surface area contributed by atoms with E-state index >= 15 is 0 Å². The molecule has 0 amide bonds.